The Balaban J connectivity index is 1.28. The van der Waals surface area contributed by atoms with Crippen molar-refractivity contribution in [3.05, 3.63) is 114 Å². The number of rotatable bonds is 2. The lowest BCUT2D eigenvalue weighted by Crippen LogP contribution is -2.55. The van der Waals surface area contributed by atoms with Gasteiger partial charge in [-0.25, -0.2) is 5.01 Å². The molecule has 2 aliphatic heterocycles. The van der Waals surface area contributed by atoms with Crippen LogP contribution in [0.15, 0.2) is 102 Å². The fourth-order valence-electron chi connectivity index (χ4n) is 6.33. The number of hydrogen-bond acceptors (Lipinski definition) is 3. The Hall–Kier alpha value is -3.59. The molecule has 7 rings (SSSR count). The lowest BCUT2D eigenvalue weighted by molar-refractivity contribution is -0.142. The highest BCUT2D eigenvalue weighted by Gasteiger charge is 2.52. The SMILES string of the molecule is c1ccc(C2CCC3(CC2)Oc2ccccc2[C@@H]2CC(c4cccc5ccccc45)=NN23)cc1. The van der Waals surface area contributed by atoms with Crippen LogP contribution < -0.4 is 4.74 Å². The van der Waals surface area contributed by atoms with E-state index in [1.807, 2.05) is 0 Å². The van der Waals surface area contributed by atoms with Crippen LogP contribution in [0.5, 0.6) is 5.75 Å². The molecule has 0 aromatic heterocycles. The summed E-state index contributed by atoms with van der Waals surface area (Å²) < 4.78 is 6.85. The van der Waals surface area contributed by atoms with Gasteiger partial charge in [0.1, 0.15) is 5.75 Å². The minimum atomic E-state index is -0.364. The summed E-state index contributed by atoms with van der Waals surface area (Å²) in [6, 6.07) is 35.0. The molecule has 3 aliphatic rings. The first-order valence-electron chi connectivity index (χ1n) is 12.5. The van der Waals surface area contributed by atoms with Gasteiger partial charge in [-0.1, -0.05) is 91.0 Å². The first-order valence-corrected chi connectivity index (χ1v) is 12.5. The van der Waals surface area contributed by atoms with Crippen molar-refractivity contribution < 1.29 is 4.74 Å². The van der Waals surface area contributed by atoms with Crippen molar-refractivity contribution in [2.75, 3.05) is 0 Å². The normalized spacial score (nSPS) is 25.5. The number of nitrogens with zero attached hydrogens (tertiary/aromatic N) is 2. The van der Waals surface area contributed by atoms with Crippen LogP contribution in [0.3, 0.4) is 0 Å². The van der Waals surface area contributed by atoms with E-state index in [2.05, 4.69) is 102 Å². The number of fused-ring (bicyclic) bond motifs is 5. The molecule has 0 unspecified atom stereocenters. The van der Waals surface area contributed by atoms with Crippen molar-refractivity contribution >= 4 is 16.5 Å². The van der Waals surface area contributed by atoms with Crippen LogP contribution in [0.25, 0.3) is 10.8 Å². The zero-order chi connectivity index (χ0) is 22.5. The van der Waals surface area contributed by atoms with E-state index in [9.17, 15) is 0 Å². The van der Waals surface area contributed by atoms with Gasteiger partial charge in [-0.15, -0.1) is 0 Å². The molecule has 1 saturated carbocycles. The molecule has 1 aliphatic carbocycles. The zero-order valence-corrected chi connectivity index (χ0v) is 19.2. The third kappa shape index (κ3) is 3.07. The summed E-state index contributed by atoms with van der Waals surface area (Å²) in [6.07, 6.45) is 5.13. The zero-order valence-electron chi connectivity index (χ0n) is 19.2. The molecule has 3 heteroatoms. The molecule has 0 radical (unpaired) electrons. The molecule has 2 heterocycles. The van der Waals surface area contributed by atoms with Gasteiger partial charge in [0.15, 0.2) is 5.72 Å². The summed E-state index contributed by atoms with van der Waals surface area (Å²) in [5.41, 5.74) is 4.77. The lowest BCUT2D eigenvalue weighted by Gasteiger charge is -2.50. The minimum absolute atomic E-state index is 0.229. The predicted molar refractivity (Wildman–Crippen MR) is 137 cm³/mol. The van der Waals surface area contributed by atoms with Crippen LogP contribution >= 0.6 is 0 Å². The number of hydrazone groups is 1. The summed E-state index contributed by atoms with van der Waals surface area (Å²) >= 11 is 0. The molecule has 34 heavy (non-hydrogen) atoms. The second-order valence-electron chi connectivity index (χ2n) is 9.91. The molecule has 4 aromatic rings. The van der Waals surface area contributed by atoms with Crippen LogP contribution in [0.1, 0.15) is 60.8 Å². The maximum Gasteiger partial charge on any atom is 0.198 e. The van der Waals surface area contributed by atoms with Crippen molar-refractivity contribution in [2.45, 2.75) is 49.8 Å². The van der Waals surface area contributed by atoms with E-state index in [4.69, 9.17) is 9.84 Å². The topological polar surface area (TPSA) is 24.8 Å². The Morgan fingerprint density at radius 2 is 1.50 bits per heavy atom. The van der Waals surface area contributed by atoms with Gasteiger partial charge in [-0.2, -0.15) is 5.10 Å². The quantitative estimate of drug-likeness (QED) is 0.321. The van der Waals surface area contributed by atoms with E-state index in [0.29, 0.717) is 5.92 Å². The van der Waals surface area contributed by atoms with Gasteiger partial charge in [0.05, 0.1) is 11.8 Å². The summed E-state index contributed by atoms with van der Waals surface area (Å²) in [5, 5.41) is 10.2. The summed E-state index contributed by atoms with van der Waals surface area (Å²) in [4.78, 5) is 0. The monoisotopic (exact) mass is 444 g/mol. The van der Waals surface area contributed by atoms with Crippen LogP contribution in [-0.2, 0) is 0 Å². The summed E-state index contributed by atoms with van der Waals surface area (Å²) in [5.74, 6) is 1.63. The highest BCUT2D eigenvalue weighted by molar-refractivity contribution is 6.11. The van der Waals surface area contributed by atoms with Gasteiger partial charge < -0.3 is 4.74 Å². The van der Waals surface area contributed by atoms with Crippen molar-refractivity contribution in [3.8, 4) is 5.75 Å². The van der Waals surface area contributed by atoms with E-state index in [1.165, 1.54) is 33.2 Å². The molecule has 1 atom stereocenters. The maximum atomic E-state index is 6.85. The second-order valence-corrected chi connectivity index (χ2v) is 9.91. The van der Waals surface area contributed by atoms with Crippen molar-refractivity contribution in [3.63, 3.8) is 0 Å². The largest absolute Gasteiger partial charge is 0.466 e. The fraction of sp³-hybridized carbons (Fsp3) is 0.258. The van der Waals surface area contributed by atoms with E-state index < -0.39 is 0 Å². The van der Waals surface area contributed by atoms with Gasteiger partial charge in [-0.05, 0) is 41.2 Å². The number of ether oxygens (including phenoxy) is 1. The molecule has 1 spiro atoms. The molecule has 0 N–H and O–H groups in total. The Labute approximate surface area is 200 Å². The summed E-state index contributed by atoms with van der Waals surface area (Å²) in [6.45, 7) is 0. The van der Waals surface area contributed by atoms with Gasteiger partial charge in [-0.3, -0.25) is 0 Å². The van der Waals surface area contributed by atoms with Crippen molar-refractivity contribution in [2.24, 2.45) is 5.10 Å². The Kier molecular flexibility index (Phi) is 4.51. The third-order valence-electron chi connectivity index (χ3n) is 8.04. The summed E-state index contributed by atoms with van der Waals surface area (Å²) in [7, 11) is 0. The van der Waals surface area contributed by atoms with Crippen LogP contribution in [0.2, 0.25) is 0 Å². The van der Waals surface area contributed by atoms with Crippen molar-refractivity contribution in [1.29, 1.82) is 0 Å². The van der Waals surface area contributed by atoms with E-state index >= 15 is 0 Å². The molecule has 0 amide bonds. The average Bonchev–Trinajstić information content (AvgIpc) is 3.36. The highest BCUT2D eigenvalue weighted by Crippen LogP contribution is 2.53. The number of hydrogen-bond donors (Lipinski definition) is 0. The average molecular weight is 445 g/mol. The molecule has 0 bridgehead atoms. The van der Waals surface area contributed by atoms with Crippen LogP contribution in [0, 0.1) is 0 Å². The lowest BCUT2D eigenvalue weighted by atomic mass is 9.78. The Bertz CT molecular complexity index is 1380. The first-order chi connectivity index (χ1) is 16.8. The van der Waals surface area contributed by atoms with Gasteiger partial charge in [0, 0.05) is 30.4 Å². The third-order valence-corrected chi connectivity index (χ3v) is 8.04. The standard InChI is InChI=1S/C31H28N2O/c1-2-9-22(10-3-1)23-17-19-31(20-18-23)33-29(27-14-6-7-16-30(27)34-31)21-28(32-33)26-15-8-12-24-11-4-5-13-25(24)26/h1-16,23,29H,17-21H2/t23?,29-,31?/m0/s1. The first kappa shape index (κ1) is 19.8. The Morgan fingerprint density at radius 1 is 0.765 bits per heavy atom. The van der Waals surface area contributed by atoms with Gasteiger partial charge in [0.2, 0.25) is 0 Å². The maximum absolute atomic E-state index is 6.85. The molecule has 0 saturated heterocycles. The number of benzene rings is 4. The molecule has 4 aromatic carbocycles. The fourth-order valence-corrected chi connectivity index (χ4v) is 6.33. The minimum Gasteiger partial charge on any atom is -0.466 e. The van der Waals surface area contributed by atoms with Gasteiger partial charge in [0.25, 0.3) is 0 Å². The smallest absolute Gasteiger partial charge is 0.198 e. The van der Waals surface area contributed by atoms with Crippen molar-refractivity contribution in [1.82, 2.24) is 5.01 Å². The molecular weight excluding hydrogens is 416 g/mol. The van der Waals surface area contributed by atoms with Crippen LogP contribution in [0.4, 0.5) is 0 Å². The Morgan fingerprint density at radius 3 is 2.38 bits per heavy atom. The highest BCUT2D eigenvalue weighted by atomic mass is 16.5. The second kappa shape index (κ2) is 7.73. The predicted octanol–water partition coefficient (Wildman–Crippen LogP) is 7.44. The van der Waals surface area contributed by atoms with E-state index in [-0.39, 0.29) is 11.8 Å². The van der Waals surface area contributed by atoms with Crippen LogP contribution in [-0.4, -0.2) is 16.4 Å². The number of para-hydroxylation sites is 1. The molecular formula is C31H28N2O. The molecule has 1 fully saturated rings. The van der Waals surface area contributed by atoms with E-state index in [0.717, 1.165) is 37.9 Å². The van der Waals surface area contributed by atoms with Gasteiger partial charge >= 0.3 is 0 Å². The molecule has 168 valence electrons. The van der Waals surface area contributed by atoms with E-state index in [1.54, 1.807) is 0 Å². The molecule has 3 nitrogen and oxygen atoms in total.